The van der Waals surface area contributed by atoms with Gasteiger partial charge in [0, 0.05) is 31.4 Å². The van der Waals surface area contributed by atoms with Crippen LogP contribution < -0.4 is 15.4 Å². The van der Waals surface area contributed by atoms with Crippen molar-refractivity contribution in [1.29, 1.82) is 0 Å². The molecule has 10 heteroatoms. The van der Waals surface area contributed by atoms with Crippen molar-refractivity contribution in [1.82, 2.24) is 25.3 Å². The average Bonchev–Trinajstić information content (AvgIpc) is 3.31. The summed E-state index contributed by atoms with van der Waals surface area (Å²) in [6, 6.07) is 6.30. The molecule has 0 saturated heterocycles. The fourth-order valence-corrected chi connectivity index (χ4v) is 2.87. The molecule has 0 aliphatic carbocycles. The third-order valence-electron chi connectivity index (χ3n) is 4.41. The lowest BCUT2D eigenvalue weighted by Gasteiger charge is -2.12. The predicted molar refractivity (Wildman–Crippen MR) is 117 cm³/mol. The van der Waals surface area contributed by atoms with E-state index in [2.05, 4.69) is 30.9 Å². The van der Waals surface area contributed by atoms with E-state index in [1.165, 1.54) is 13.2 Å². The number of carbonyl (C=O) groups excluding carboxylic acids is 1. The normalized spacial score (nSPS) is 11.6. The quantitative estimate of drug-likeness (QED) is 0.412. The topological polar surface area (TPSA) is 109 Å². The zero-order valence-electron chi connectivity index (χ0n) is 18.2. The number of aryl methyl sites for hydroxylation is 2. The van der Waals surface area contributed by atoms with Gasteiger partial charge in [0.15, 0.2) is 11.6 Å². The molecule has 2 heterocycles. The van der Waals surface area contributed by atoms with Gasteiger partial charge in [-0.25, -0.2) is 4.39 Å². The molecule has 0 fully saturated rings. The number of hydrogen-bond acceptors (Lipinski definition) is 4. The Morgan fingerprint density at radius 1 is 1.35 bits per heavy atom. The van der Waals surface area contributed by atoms with Gasteiger partial charge in [-0.05, 0) is 31.0 Å². The number of amides is 1. The number of aromatic amines is 1. The fourth-order valence-electron chi connectivity index (χ4n) is 2.87. The third kappa shape index (κ3) is 5.47. The van der Waals surface area contributed by atoms with Gasteiger partial charge in [-0.1, -0.05) is 13.8 Å². The molecule has 2 aromatic heterocycles. The Kier molecular flexibility index (Phi) is 6.68. The van der Waals surface area contributed by atoms with Crippen LogP contribution in [0.5, 0.6) is 5.75 Å². The Labute approximate surface area is 179 Å². The molecule has 3 rings (SSSR count). The first-order chi connectivity index (χ1) is 14.8. The summed E-state index contributed by atoms with van der Waals surface area (Å²) in [6.07, 6.45) is 1.63. The molecular formula is C21H26FN7O2. The molecule has 0 radical (unpaired) electrons. The standard InChI is InChI=1S/C21H26FN7O2/c1-12(2)10-23-21(25-20(30)15-11-29(4)28-13(15)3)24-19-9-17(26-27-19)14-6-7-18(31-5)16(22)8-14/h6-9,11-12H,10H2,1-5H3,(H3,23,24,25,26,27,30). The Morgan fingerprint density at radius 3 is 2.74 bits per heavy atom. The van der Waals surface area contributed by atoms with E-state index < -0.39 is 11.7 Å². The number of benzene rings is 1. The molecule has 3 N–H and O–H groups in total. The second-order valence-corrected chi connectivity index (χ2v) is 7.48. The van der Waals surface area contributed by atoms with E-state index in [4.69, 9.17) is 4.74 Å². The Bertz CT molecular complexity index is 1100. The molecule has 1 aromatic carbocycles. The number of carbonyl (C=O) groups is 1. The maximum Gasteiger partial charge on any atom is 0.283 e. The number of H-pyrrole nitrogens is 1. The average molecular weight is 427 g/mol. The van der Waals surface area contributed by atoms with Crippen molar-refractivity contribution in [3.05, 3.63) is 47.5 Å². The van der Waals surface area contributed by atoms with Crippen molar-refractivity contribution in [3.63, 3.8) is 0 Å². The number of methoxy groups -OCH3 is 1. The maximum atomic E-state index is 14.0. The van der Waals surface area contributed by atoms with Gasteiger partial charge in [-0.2, -0.15) is 15.2 Å². The van der Waals surface area contributed by atoms with Gasteiger partial charge in [0.2, 0.25) is 5.96 Å². The van der Waals surface area contributed by atoms with Crippen LogP contribution in [0.3, 0.4) is 0 Å². The Hall–Kier alpha value is -3.69. The summed E-state index contributed by atoms with van der Waals surface area (Å²) in [5.74, 6) is 0.378. The van der Waals surface area contributed by atoms with E-state index in [9.17, 15) is 9.18 Å². The highest BCUT2D eigenvalue weighted by Crippen LogP contribution is 2.25. The summed E-state index contributed by atoms with van der Waals surface area (Å²) in [5.41, 5.74) is 2.14. The number of ether oxygens (including phenoxy) is 1. The van der Waals surface area contributed by atoms with Crippen molar-refractivity contribution >= 4 is 17.7 Å². The lowest BCUT2D eigenvalue weighted by Crippen LogP contribution is -2.34. The molecule has 3 aromatic rings. The highest BCUT2D eigenvalue weighted by molar-refractivity contribution is 6.06. The minimum atomic E-state index is -0.476. The second-order valence-electron chi connectivity index (χ2n) is 7.48. The molecule has 0 atom stereocenters. The maximum absolute atomic E-state index is 14.0. The molecule has 0 bridgehead atoms. The number of hydrogen-bond donors (Lipinski definition) is 3. The van der Waals surface area contributed by atoms with Gasteiger partial charge in [0.25, 0.3) is 5.91 Å². The SMILES string of the molecule is COc1ccc(-c2cc(N/C(=N\C(=O)c3cn(C)nc3C)NCC(C)C)[nH]n2)cc1F. The first-order valence-electron chi connectivity index (χ1n) is 9.80. The van der Waals surface area contributed by atoms with Crippen molar-refractivity contribution in [2.45, 2.75) is 20.8 Å². The summed E-state index contributed by atoms with van der Waals surface area (Å²) in [7, 11) is 3.16. The monoisotopic (exact) mass is 427 g/mol. The zero-order chi connectivity index (χ0) is 22.5. The van der Waals surface area contributed by atoms with Gasteiger partial charge >= 0.3 is 0 Å². The first kappa shape index (κ1) is 22.0. The number of rotatable bonds is 6. The van der Waals surface area contributed by atoms with Crippen molar-refractivity contribution < 1.29 is 13.9 Å². The van der Waals surface area contributed by atoms with Crippen LogP contribution in [0.4, 0.5) is 10.2 Å². The van der Waals surface area contributed by atoms with E-state index in [1.54, 1.807) is 43.0 Å². The van der Waals surface area contributed by atoms with Crippen LogP contribution in [-0.2, 0) is 7.05 Å². The molecular weight excluding hydrogens is 401 g/mol. The minimum Gasteiger partial charge on any atom is -0.494 e. The van der Waals surface area contributed by atoms with Crippen LogP contribution in [-0.4, -0.2) is 45.5 Å². The summed E-state index contributed by atoms with van der Waals surface area (Å²) in [4.78, 5) is 16.8. The summed E-state index contributed by atoms with van der Waals surface area (Å²) < 4.78 is 20.5. The van der Waals surface area contributed by atoms with Crippen molar-refractivity contribution in [2.75, 3.05) is 19.0 Å². The molecule has 9 nitrogen and oxygen atoms in total. The van der Waals surface area contributed by atoms with Crippen LogP contribution in [0.15, 0.2) is 35.5 Å². The van der Waals surface area contributed by atoms with E-state index in [-0.39, 0.29) is 11.7 Å². The number of nitrogens with one attached hydrogen (secondary N) is 3. The van der Waals surface area contributed by atoms with E-state index in [1.807, 2.05) is 13.8 Å². The number of nitrogens with zero attached hydrogens (tertiary/aromatic N) is 4. The zero-order valence-corrected chi connectivity index (χ0v) is 18.2. The first-order valence-corrected chi connectivity index (χ1v) is 9.80. The predicted octanol–water partition coefficient (Wildman–Crippen LogP) is 3.12. The van der Waals surface area contributed by atoms with Crippen LogP contribution in [0.1, 0.15) is 29.9 Å². The summed E-state index contributed by atoms with van der Waals surface area (Å²) >= 11 is 0. The van der Waals surface area contributed by atoms with Gasteiger partial charge in [0.1, 0.15) is 5.82 Å². The lowest BCUT2D eigenvalue weighted by molar-refractivity contribution is 0.100. The van der Waals surface area contributed by atoms with Crippen molar-refractivity contribution in [2.24, 2.45) is 18.0 Å². The Morgan fingerprint density at radius 2 is 2.13 bits per heavy atom. The number of aromatic nitrogens is 4. The summed E-state index contributed by atoms with van der Waals surface area (Å²) in [5, 5.41) is 17.4. The molecule has 0 aliphatic heterocycles. The molecule has 31 heavy (non-hydrogen) atoms. The second kappa shape index (κ2) is 9.41. The molecule has 164 valence electrons. The van der Waals surface area contributed by atoms with Crippen LogP contribution in [0.25, 0.3) is 11.3 Å². The number of guanidine groups is 1. The van der Waals surface area contributed by atoms with Gasteiger partial charge in [-0.15, -0.1) is 0 Å². The third-order valence-corrected chi connectivity index (χ3v) is 4.41. The highest BCUT2D eigenvalue weighted by atomic mass is 19.1. The molecule has 1 amide bonds. The molecule has 0 aliphatic rings. The fraction of sp³-hybridized carbons (Fsp3) is 0.333. The highest BCUT2D eigenvalue weighted by Gasteiger charge is 2.15. The van der Waals surface area contributed by atoms with E-state index in [0.717, 1.165) is 0 Å². The van der Waals surface area contributed by atoms with Gasteiger partial charge < -0.3 is 15.4 Å². The van der Waals surface area contributed by atoms with E-state index in [0.29, 0.717) is 40.8 Å². The van der Waals surface area contributed by atoms with E-state index >= 15 is 0 Å². The van der Waals surface area contributed by atoms with Gasteiger partial charge in [-0.3, -0.25) is 14.6 Å². The number of anilines is 1. The lowest BCUT2D eigenvalue weighted by atomic mass is 10.1. The number of halogens is 1. The molecule has 0 spiro atoms. The molecule has 0 unspecified atom stereocenters. The van der Waals surface area contributed by atoms with Crippen molar-refractivity contribution in [3.8, 4) is 17.0 Å². The minimum absolute atomic E-state index is 0.161. The Balaban J connectivity index is 1.82. The molecule has 0 saturated carbocycles. The smallest absolute Gasteiger partial charge is 0.283 e. The van der Waals surface area contributed by atoms with Crippen LogP contribution in [0, 0.1) is 18.7 Å². The van der Waals surface area contributed by atoms with Gasteiger partial charge in [0.05, 0.1) is 24.1 Å². The summed E-state index contributed by atoms with van der Waals surface area (Å²) in [6.45, 7) is 6.46. The number of aliphatic imine (C=N–C) groups is 1. The largest absolute Gasteiger partial charge is 0.494 e. The van der Waals surface area contributed by atoms with Crippen LogP contribution >= 0.6 is 0 Å². The van der Waals surface area contributed by atoms with Crippen LogP contribution in [0.2, 0.25) is 0 Å².